The van der Waals surface area contributed by atoms with Crippen LogP contribution in [0.25, 0.3) is 22.2 Å². The van der Waals surface area contributed by atoms with Gasteiger partial charge in [0, 0.05) is 10.6 Å². The summed E-state index contributed by atoms with van der Waals surface area (Å²) in [6, 6.07) is 7.31. The molecule has 96 valence electrons. The van der Waals surface area contributed by atoms with Crippen molar-refractivity contribution in [1.29, 1.82) is 0 Å². The van der Waals surface area contributed by atoms with Gasteiger partial charge in [-0.2, -0.15) is 4.98 Å². The maximum absolute atomic E-state index is 5.97. The van der Waals surface area contributed by atoms with Crippen LogP contribution in [-0.4, -0.2) is 10.1 Å². The van der Waals surface area contributed by atoms with E-state index < -0.39 is 0 Å². The first kappa shape index (κ1) is 12.2. The third kappa shape index (κ3) is 2.22. The van der Waals surface area contributed by atoms with Gasteiger partial charge >= 0.3 is 0 Å². The van der Waals surface area contributed by atoms with Crippen molar-refractivity contribution >= 4 is 28.6 Å². The zero-order valence-electron chi connectivity index (χ0n) is 10.1. The van der Waals surface area contributed by atoms with Crippen LogP contribution in [0.4, 0.5) is 5.69 Å². The van der Waals surface area contributed by atoms with Crippen molar-refractivity contribution in [2.45, 2.75) is 6.92 Å². The number of nitrogens with zero attached hydrogens (tertiary/aromatic N) is 2. The molecule has 4 nitrogen and oxygen atoms in total. The van der Waals surface area contributed by atoms with Gasteiger partial charge in [0.1, 0.15) is 4.88 Å². The number of nitrogen functional groups attached to an aromatic ring is 1. The van der Waals surface area contributed by atoms with Crippen molar-refractivity contribution in [3.05, 3.63) is 40.2 Å². The minimum absolute atomic E-state index is 0.436. The Bertz CT molecular complexity index is 735. The molecule has 1 aromatic carbocycles. The lowest BCUT2D eigenvalue weighted by Crippen LogP contribution is -1.87. The maximum atomic E-state index is 5.97. The van der Waals surface area contributed by atoms with Gasteiger partial charge < -0.3 is 10.3 Å². The highest BCUT2D eigenvalue weighted by molar-refractivity contribution is 7.14. The third-order valence-corrected chi connectivity index (χ3v) is 4.06. The molecule has 0 aliphatic rings. The molecule has 2 N–H and O–H groups in total. The van der Waals surface area contributed by atoms with E-state index in [0.717, 1.165) is 16.0 Å². The highest BCUT2D eigenvalue weighted by atomic mass is 35.5. The van der Waals surface area contributed by atoms with E-state index in [-0.39, 0.29) is 0 Å². The molecule has 2 aromatic heterocycles. The highest BCUT2D eigenvalue weighted by Gasteiger charge is 2.16. The molecule has 0 atom stereocenters. The molecular weight excluding hydrogens is 282 g/mol. The molecule has 19 heavy (non-hydrogen) atoms. The Labute approximate surface area is 118 Å². The molecular formula is C13H10ClN3OS. The fourth-order valence-electron chi connectivity index (χ4n) is 1.68. The van der Waals surface area contributed by atoms with Crippen molar-refractivity contribution < 1.29 is 4.52 Å². The highest BCUT2D eigenvalue weighted by Crippen LogP contribution is 2.34. The van der Waals surface area contributed by atoms with Gasteiger partial charge in [0.05, 0.1) is 5.69 Å². The van der Waals surface area contributed by atoms with E-state index in [1.165, 1.54) is 11.3 Å². The molecule has 0 amide bonds. The lowest BCUT2D eigenvalue weighted by molar-refractivity contribution is 0.433. The number of halogens is 1. The van der Waals surface area contributed by atoms with Crippen LogP contribution in [0.1, 0.15) is 5.56 Å². The topological polar surface area (TPSA) is 64.9 Å². The van der Waals surface area contributed by atoms with Crippen LogP contribution in [0.5, 0.6) is 0 Å². The van der Waals surface area contributed by atoms with Crippen LogP contribution in [0.15, 0.2) is 34.2 Å². The van der Waals surface area contributed by atoms with Gasteiger partial charge in [-0.05, 0) is 30.0 Å². The quantitative estimate of drug-likeness (QED) is 0.775. The number of aryl methyl sites for hydroxylation is 1. The smallest absolute Gasteiger partial charge is 0.270 e. The molecule has 0 bridgehead atoms. The minimum atomic E-state index is 0.436. The summed E-state index contributed by atoms with van der Waals surface area (Å²) >= 11 is 7.44. The molecule has 0 unspecified atom stereocenters. The van der Waals surface area contributed by atoms with Gasteiger partial charge in [-0.1, -0.05) is 28.9 Å². The van der Waals surface area contributed by atoms with Gasteiger partial charge in [-0.3, -0.25) is 0 Å². The van der Waals surface area contributed by atoms with Crippen LogP contribution in [0, 0.1) is 6.92 Å². The molecule has 2 heterocycles. The van der Waals surface area contributed by atoms with Gasteiger partial charge in [0.25, 0.3) is 5.89 Å². The van der Waals surface area contributed by atoms with Gasteiger partial charge in [0.15, 0.2) is 0 Å². The number of hydrogen-bond donors (Lipinski definition) is 1. The van der Waals surface area contributed by atoms with Crippen LogP contribution >= 0.6 is 22.9 Å². The summed E-state index contributed by atoms with van der Waals surface area (Å²) in [4.78, 5) is 5.16. The average molecular weight is 292 g/mol. The van der Waals surface area contributed by atoms with E-state index >= 15 is 0 Å². The molecule has 3 aromatic rings. The fourth-order valence-corrected chi connectivity index (χ4v) is 2.76. The largest absolute Gasteiger partial charge is 0.397 e. The maximum Gasteiger partial charge on any atom is 0.270 e. The van der Waals surface area contributed by atoms with Crippen molar-refractivity contribution in [1.82, 2.24) is 10.1 Å². The second kappa shape index (κ2) is 4.68. The van der Waals surface area contributed by atoms with E-state index in [0.29, 0.717) is 22.4 Å². The zero-order valence-corrected chi connectivity index (χ0v) is 11.6. The van der Waals surface area contributed by atoms with E-state index in [1.807, 2.05) is 24.4 Å². The summed E-state index contributed by atoms with van der Waals surface area (Å²) in [5.74, 6) is 0.938. The number of rotatable bonds is 2. The van der Waals surface area contributed by atoms with Gasteiger partial charge in [0.2, 0.25) is 5.82 Å². The molecule has 3 rings (SSSR count). The van der Waals surface area contributed by atoms with Crippen LogP contribution < -0.4 is 5.73 Å². The summed E-state index contributed by atoms with van der Waals surface area (Å²) < 4.78 is 5.27. The zero-order chi connectivity index (χ0) is 13.4. The molecule has 0 saturated carbocycles. The first-order valence-electron chi connectivity index (χ1n) is 5.59. The third-order valence-electron chi connectivity index (χ3n) is 2.73. The van der Waals surface area contributed by atoms with E-state index in [2.05, 4.69) is 10.1 Å². The Morgan fingerprint density at radius 3 is 2.89 bits per heavy atom. The minimum Gasteiger partial charge on any atom is -0.397 e. The second-order valence-corrected chi connectivity index (χ2v) is 5.41. The summed E-state index contributed by atoms with van der Waals surface area (Å²) in [7, 11) is 0. The number of aromatic nitrogens is 2. The number of nitrogens with two attached hydrogens (primary N) is 1. The summed E-state index contributed by atoms with van der Waals surface area (Å²) in [6.07, 6.45) is 0. The molecule has 0 fully saturated rings. The Hall–Kier alpha value is -1.85. The van der Waals surface area contributed by atoms with Crippen LogP contribution in [0.2, 0.25) is 5.02 Å². The number of anilines is 1. The molecule has 0 saturated heterocycles. The SMILES string of the molecule is Cc1csc(-c2nc(-c3cccc(Cl)c3)no2)c1N. The lowest BCUT2D eigenvalue weighted by Gasteiger charge is -1.94. The first-order chi connectivity index (χ1) is 9.15. The van der Waals surface area contributed by atoms with Crippen molar-refractivity contribution in [3.63, 3.8) is 0 Å². The predicted molar refractivity (Wildman–Crippen MR) is 77.2 cm³/mol. The van der Waals surface area contributed by atoms with Gasteiger partial charge in [-0.15, -0.1) is 11.3 Å². The van der Waals surface area contributed by atoms with E-state index in [4.69, 9.17) is 21.9 Å². The number of benzene rings is 1. The Morgan fingerprint density at radius 1 is 1.37 bits per heavy atom. The summed E-state index contributed by atoms with van der Waals surface area (Å²) in [6.45, 7) is 1.95. The molecule has 6 heteroatoms. The number of hydrogen-bond acceptors (Lipinski definition) is 5. The lowest BCUT2D eigenvalue weighted by atomic mass is 10.2. The van der Waals surface area contributed by atoms with E-state index in [1.54, 1.807) is 12.1 Å². The number of thiophene rings is 1. The Balaban J connectivity index is 2.02. The Morgan fingerprint density at radius 2 is 2.21 bits per heavy atom. The van der Waals surface area contributed by atoms with Crippen molar-refractivity contribution in [2.75, 3.05) is 5.73 Å². The standard InChI is InChI=1S/C13H10ClN3OS/c1-7-6-19-11(10(7)15)13-16-12(17-18-13)8-3-2-4-9(14)5-8/h2-6H,15H2,1H3. The normalized spacial score (nSPS) is 10.8. The predicted octanol–water partition coefficient (Wildman–Crippen LogP) is 4.01. The van der Waals surface area contributed by atoms with Crippen molar-refractivity contribution in [2.24, 2.45) is 0 Å². The average Bonchev–Trinajstić information content (AvgIpc) is 2.98. The van der Waals surface area contributed by atoms with E-state index in [9.17, 15) is 0 Å². The van der Waals surface area contributed by atoms with Gasteiger partial charge in [-0.25, -0.2) is 0 Å². The second-order valence-electron chi connectivity index (χ2n) is 4.09. The molecule has 0 aliphatic carbocycles. The van der Waals surface area contributed by atoms with Crippen molar-refractivity contribution in [3.8, 4) is 22.2 Å². The van der Waals surface area contributed by atoms with Crippen LogP contribution in [0.3, 0.4) is 0 Å². The fraction of sp³-hybridized carbons (Fsp3) is 0.0769. The Kier molecular flexibility index (Phi) is 3.00. The van der Waals surface area contributed by atoms with Crippen LogP contribution in [-0.2, 0) is 0 Å². The monoisotopic (exact) mass is 291 g/mol. The molecule has 0 spiro atoms. The molecule has 0 aliphatic heterocycles. The molecule has 0 radical (unpaired) electrons. The summed E-state index contributed by atoms with van der Waals surface area (Å²) in [5.41, 5.74) is 8.49. The summed E-state index contributed by atoms with van der Waals surface area (Å²) in [5, 5.41) is 6.56. The first-order valence-corrected chi connectivity index (χ1v) is 6.84.